The van der Waals surface area contributed by atoms with Gasteiger partial charge >= 0.3 is 0 Å². The number of amides is 1. The molecular formula is C16H19N5O3. The van der Waals surface area contributed by atoms with Crippen LogP contribution in [0.15, 0.2) is 24.7 Å². The van der Waals surface area contributed by atoms with Gasteiger partial charge in [-0.3, -0.25) is 14.9 Å². The number of H-pyrrole nitrogens is 1. The lowest BCUT2D eigenvalue weighted by Crippen LogP contribution is -2.67. The van der Waals surface area contributed by atoms with E-state index in [1.54, 1.807) is 29.6 Å². The lowest BCUT2D eigenvalue weighted by atomic mass is 9.84. The number of nitrogens with zero attached hydrogens (tertiary/aromatic N) is 4. The summed E-state index contributed by atoms with van der Waals surface area (Å²) in [6, 6.07) is 1.68. The number of hydrogen-bond acceptors (Lipinski definition) is 6. The van der Waals surface area contributed by atoms with E-state index in [0.29, 0.717) is 31.3 Å². The van der Waals surface area contributed by atoms with Gasteiger partial charge in [0.05, 0.1) is 31.6 Å². The highest BCUT2D eigenvalue weighted by Gasteiger charge is 2.50. The Balaban J connectivity index is 1.37. The number of likely N-dealkylation sites (tertiary alicyclic amines) is 1. The number of aromatic amines is 1. The first kappa shape index (κ1) is 15.1. The zero-order valence-corrected chi connectivity index (χ0v) is 13.4. The highest BCUT2D eigenvalue weighted by molar-refractivity contribution is 5.92. The molecule has 126 valence electrons. The predicted octanol–water partition coefficient (Wildman–Crippen LogP) is 0.961. The Morgan fingerprint density at radius 2 is 2.33 bits per heavy atom. The van der Waals surface area contributed by atoms with Gasteiger partial charge in [0.1, 0.15) is 17.4 Å². The van der Waals surface area contributed by atoms with E-state index in [4.69, 9.17) is 9.47 Å². The zero-order chi connectivity index (χ0) is 16.6. The smallest absolute Gasteiger partial charge is 0.272 e. The monoisotopic (exact) mass is 329 g/mol. The van der Waals surface area contributed by atoms with Crippen molar-refractivity contribution < 1.29 is 14.3 Å². The summed E-state index contributed by atoms with van der Waals surface area (Å²) in [6.07, 6.45) is 6.49. The zero-order valence-electron chi connectivity index (χ0n) is 13.4. The van der Waals surface area contributed by atoms with Gasteiger partial charge < -0.3 is 14.4 Å². The van der Waals surface area contributed by atoms with E-state index in [1.807, 2.05) is 6.92 Å². The summed E-state index contributed by atoms with van der Waals surface area (Å²) in [5.41, 5.74) is 1.02. The van der Waals surface area contributed by atoms with Crippen LogP contribution in [0.2, 0.25) is 0 Å². The molecule has 1 N–H and O–H groups in total. The molecule has 0 aliphatic carbocycles. The first-order valence-electron chi connectivity index (χ1n) is 8.01. The van der Waals surface area contributed by atoms with Crippen molar-refractivity contribution in [2.24, 2.45) is 0 Å². The first-order valence-corrected chi connectivity index (χ1v) is 8.01. The van der Waals surface area contributed by atoms with Crippen LogP contribution in [0.5, 0.6) is 5.88 Å². The van der Waals surface area contributed by atoms with Crippen LogP contribution >= 0.6 is 0 Å². The van der Waals surface area contributed by atoms with Crippen LogP contribution in [0.4, 0.5) is 0 Å². The maximum Gasteiger partial charge on any atom is 0.272 e. The summed E-state index contributed by atoms with van der Waals surface area (Å²) in [4.78, 5) is 22.5. The van der Waals surface area contributed by atoms with Gasteiger partial charge in [0, 0.05) is 25.2 Å². The van der Waals surface area contributed by atoms with Crippen LogP contribution in [-0.4, -0.2) is 62.4 Å². The fourth-order valence-electron chi connectivity index (χ4n) is 3.31. The average molecular weight is 329 g/mol. The summed E-state index contributed by atoms with van der Waals surface area (Å²) in [5, 5.41) is 6.52. The van der Waals surface area contributed by atoms with E-state index in [2.05, 4.69) is 20.2 Å². The fraction of sp³-hybridized carbons (Fsp3) is 0.500. The standard InChI is InChI=1S/C16H19N5O3/c1-11-7-17-8-14(19-11)24-12-3-5-23-16(6-12)9-21(10-16)15(22)13-2-4-18-20-13/h2,4,7-8,12H,3,5-6,9-10H2,1H3,(H,18,20)/t12-/m0/s1. The molecule has 4 heterocycles. The molecule has 0 saturated carbocycles. The molecule has 2 aliphatic rings. The average Bonchev–Trinajstić information content (AvgIpc) is 3.06. The van der Waals surface area contributed by atoms with Crippen molar-refractivity contribution >= 4 is 5.91 Å². The number of nitrogens with one attached hydrogen (secondary N) is 1. The van der Waals surface area contributed by atoms with Gasteiger partial charge in [-0.1, -0.05) is 0 Å². The topological polar surface area (TPSA) is 93.2 Å². The van der Waals surface area contributed by atoms with Crippen LogP contribution in [0, 0.1) is 6.92 Å². The molecule has 8 nitrogen and oxygen atoms in total. The van der Waals surface area contributed by atoms with E-state index in [1.165, 1.54) is 0 Å². The van der Waals surface area contributed by atoms with E-state index in [-0.39, 0.29) is 17.6 Å². The molecule has 1 atom stereocenters. The normalized spacial score (nSPS) is 22.2. The molecule has 1 spiro atoms. The summed E-state index contributed by atoms with van der Waals surface area (Å²) in [7, 11) is 0. The van der Waals surface area contributed by atoms with Crippen molar-refractivity contribution in [2.45, 2.75) is 31.5 Å². The largest absolute Gasteiger partial charge is 0.473 e. The Morgan fingerprint density at radius 3 is 3.08 bits per heavy atom. The Bertz CT molecular complexity index is 727. The van der Waals surface area contributed by atoms with Crippen molar-refractivity contribution in [2.75, 3.05) is 19.7 Å². The minimum absolute atomic E-state index is 0.0271. The van der Waals surface area contributed by atoms with E-state index >= 15 is 0 Å². The SMILES string of the molecule is Cc1cncc(O[C@H]2CCOC3(C2)CN(C(=O)c2ccn[nH]2)C3)n1. The van der Waals surface area contributed by atoms with Crippen LogP contribution in [0.1, 0.15) is 29.0 Å². The van der Waals surface area contributed by atoms with Gasteiger partial charge in [-0.15, -0.1) is 0 Å². The molecule has 0 aromatic carbocycles. The van der Waals surface area contributed by atoms with Crippen molar-refractivity contribution in [1.82, 2.24) is 25.1 Å². The second kappa shape index (κ2) is 5.86. The molecule has 2 aromatic rings. The second-order valence-electron chi connectivity index (χ2n) is 6.39. The third-order valence-electron chi connectivity index (χ3n) is 4.44. The molecule has 2 aromatic heterocycles. The molecular weight excluding hydrogens is 310 g/mol. The lowest BCUT2D eigenvalue weighted by molar-refractivity contribution is -0.174. The summed E-state index contributed by atoms with van der Waals surface area (Å²) in [6.45, 7) is 3.65. The van der Waals surface area contributed by atoms with Gasteiger partial charge in [0.15, 0.2) is 0 Å². The summed E-state index contributed by atoms with van der Waals surface area (Å²) >= 11 is 0. The minimum atomic E-state index is -0.310. The highest BCUT2D eigenvalue weighted by atomic mass is 16.5. The number of carbonyl (C=O) groups is 1. The Kier molecular flexibility index (Phi) is 3.68. The summed E-state index contributed by atoms with van der Waals surface area (Å²) < 4.78 is 11.9. The van der Waals surface area contributed by atoms with Crippen molar-refractivity contribution in [3.05, 3.63) is 36.0 Å². The van der Waals surface area contributed by atoms with Gasteiger partial charge in [-0.25, -0.2) is 4.98 Å². The van der Waals surface area contributed by atoms with Crippen LogP contribution in [0.3, 0.4) is 0 Å². The summed E-state index contributed by atoms with van der Waals surface area (Å²) in [5.74, 6) is 0.496. The van der Waals surface area contributed by atoms with E-state index in [0.717, 1.165) is 18.5 Å². The molecule has 2 saturated heterocycles. The Morgan fingerprint density at radius 1 is 1.46 bits per heavy atom. The number of ether oxygens (including phenoxy) is 2. The molecule has 8 heteroatoms. The minimum Gasteiger partial charge on any atom is -0.473 e. The highest BCUT2D eigenvalue weighted by Crippen LogP contribution is 2.36. The van der Waals surface area contributed by atoms with Crippen LogP contribution in [0.25, 0.3) is 0 Å². The fourth-order valence-corrected chi connectivity index (χ4v) is 3.31. The third-order valence-corrected chi connectivity index (χ3v) is 4.44. The van der Waals surface area contributed by atoms with Crippen LogP contribution < -0.4 is 4.74 Å². The predicted molar refractivity (Wildman–Crippen MR) is 83.6 cm³/mol. The molecule has 0 bridgehead atoms. The van der Waals surface area contributed by atoms with Gasteiger partial charge in [0.25, 0.3) is 5.91 Å². The van der Waals surface area contributed by atoms with Crippen molar-refractivity contribution in [3.63, 3.8) is 0 Å². The lowest BCUT2D eigenvalue weighted by Gasteiger charge is -2.52. The molecule has 0 radical (unpaired) electrons. The van der Waals surface area contributed by atoms with Crippen LogP contribution in [-0.2, 0) is 4.74 Å². The first-order chi connectivity index (χ1) is 11.6. The van der Waals surface area contributed by atoms with Gasteiger partial charge in [-0.2, -0.15) is 5.10 Å². The quantitative estimate of drug-likeness (QED) is 0.901. The van der Waals surface area contributed by atoms with E-state index in [9.17, 15) is 4.79 Å². The van der Waals surface area contributed by atoms with Gasteiger partial charge in [-0.05, 0) is 13.0 Å². The molecule has 4 rings (SSSR count). The number of carbonyl (C=O) groups excluding carboxylic acids is 1. The van der Waals surface area contributed by atoms with Crippen molar-refractivity contribution in [3.8, 4) is 5.88 Å². The number of aryl methyl sites for hydroxylation is 1. The Hall–Kier alpha value is -2.48. The van der Waals surface area contributed by atoms with E-state index < -0.39 is 0 Å². The molecule has 1 amide bonds. The Labute approximate surface area is 139 Å². The maximum absolute atomic E-state index is 12.3. The molecule has 2 fully saturated rings. The number of hydrogen-bond donors (Lipinski definition) is 1. The molecule has 2 aliphatic heterocycles. The maximum atomic E-state index is 12.3. The third kappa shape index (κ3) is 2.84. The van der Waals surface area contributed by atoms with Gasteiger partial charge in [0.2, 0.25) is 5.88 Å². The number of rotatable bonds is 3. The second-order valence-corrected chi connectivity index (χ2v) is 6.39. The van der Waals surface area contributed by atoms with Crippen molar-refractivity contribution in [1.29, 1.82) is 0 Å². The number of aromatic nitrogens is 4. The molecule has 24 heavy (non-hydrogen) atoms. The molecule has 0 unspecified atom stereocenters.